The molecule has 3 rings (SSSR count). The van der Waals surface area contributed by atoms with Gasteiger partial charge >= 0.3 is 0 Å². The molecule has 0 saturated carbocycles. The minimum Gasteiger partial charge on any atom is -0.368 e. The molecule has 1 aromatic carbocycles. The van der Waals surface area contributed by atoms with E-state index in [1.54, 1.807) is 6.07 Å². The predicted molar refractivity (Wildman–Crippen MR) is 82.9 cm³/mol. The molecule has 0 aliphatic heterocycles. The van der Waals surface area contributed by atoms with E-state index in [9.17, 15) is 4.39 Å². The summed E-state index contributed by atoms with van der Waals surface area (Å²) < 4.78 is 15.9. The number of benzene rings is 1. The van der Waals surface area contributed by atoms with Crippen molar-refractivity contribution in [2.75, 3.05) is 12.0 Å². The largest absolute Gasteiger partial charge is 0.368 e. The van der Waals surface area contributed by atoms with Crippen molar-refractivity contribution < 1.29 is 4.39 Å². The summed E-state index contributed by atoms with van der Waals surface area (Å²) in [6, 6.07) is 2.85. The molecule has 0 amide bonds. The third-order valence-electron chi connectivity index (χ3n) is 2.63. The second kappa shape index (κ2) is 5.39. The van der Waals surface area contributed by atoms with E-state index in [1.165, 1.54) is 22.3 Å². The number of thioether (sulfide) groups is 1. The van der Waals surface area contributed by atoms with Crippen LogP contribution in [0.5, 0.6) is 0 Å². The Morgan fingerprint density at radius 2 is 2.10 bits per heavy atom. The highest BCUT2D eigenvalue weighted by Crippen LogP contribution is 2.31. The molecule has 6 nitrogen and oxygen atoms in total. The Morgan fingerprint density at radius 1 is 1.33 bits per heavy atom. The van der Waals surface area contributed by atoms with Crippen molar-refractivity contribution in [3.05, 3.63) is 27.4 Å². The van der Waals surface area contributed by atoms with Crippen LogP contribution in [0.25, 0.3) is 17.2 Å². The number of hydrogen-bond donors (Lipinski definition) is 1. The van der Waals surface area contributed by atoms with Crippen LogP contribution in [0.3, 0.4) is 0 Å². The minimum atomic E-state index is -0.540. The molecule has 0 fully saturated rings. The third-order valence-corrected chi connectivity index (χ3v) is 3.93. The summed E-state index contributed by atoms with van der Waals surface area (Å²) in [4.78, 5) is 12.4. The van der Waals surface area contributed by atoms with E-state index < -0.39 is 5.82 Å². The van der Waals surface area contributed by atoms with Crippen molar-refractivity contribution in [2.45, 2.75) is 5.16 Å². The molecule has 0 aliphatic carbocycles. The van der Waals surface area contributed by atoms with Gasteiger partial charge in [-0.1, -0.05) is 39.3 Å². The van der Waals surface area contributed by atoms with Gasteiger partial charge in [0.2, 0.25) is 5.95 Å². The van der Waals surface area contributed by atoms with Gasteiger partial charge < -0.3 is 5.73 Å². The summed E-state index contributed by atoms with van der Waals surface area (Å²) in [5.74, 6) is -0.0804. The number of rotatable bonds is 2. The first-order chi connectivity index (χ1) is 9.99. The van der Waals surface area contributed by atoms with Crippen molar-refractivity contribution in [3.63, 3.8) is 0 Å². The van der Waals surface area contributed by atoms with Crippen LogP contribution >= 0.6 is 39.3 Å². The lowest BCUT2D eigenvalue weighted by Crippen LogP contribution is -2.04. The molecule has 2 N–H and O–H groups in total. The second-order valence-corrected chi connectivity index (χ2v) is 6.06. The first kappa shape index (κ1) is 14.5. The molecule has 108 valence electrons. The number of fused-ring (bicyclic) bond motifs is 1. The molecule has 2 aromatic heterocycles. The monoisotopic (exact) mass is 388 g/mol. The third kappa shape index (κ3) is 2.56. The predicted octanol–water partition coefficient (Wildman–Crippen LogP) is 3.05. The van der Waals surface area contributed by atoms with E-state index in [0.29, 0.717) is 9.63 Å². The van der Waals surface area contributed by atoms with E-state index >= 15 is 0 Å². The molecule has 21 heavy (non-hydrogen) atoms. The van der Waals surface area contributed by atoms with Gasteiger partial charge in [0.15, 0.2) is 11.0 Å². The lowest BCUT2D eigenvalue weighted by molar-refractivity contribution is 0.629. The van der Waals surface area contributed by atoms with Gasteiger partial charge in [-0.05, 0) is 18.4 Å². The summed E-state index contributed by atoms with van der Waals surface area (Å²) in [6.45, 7) is 0. The van der Waals surface area contributed by atoms with Crippen molar-refractivity contribution in [1.29, 1.82) is 0 Å². The molecule has 0 unspecified atom stereocenters. The van der Waals surface area contributed by atoms with Gasteiger partial charge in [-0.25, -0.2) is 4.39 Å². The summed E-state index contributed by atoms with van der Waals surface area (Å²) >= 11 is 10.6. The fourth-order valence-electron chi connectivity index (χ4n) is 1.74. The van der Waals surface area contributed by atoms with Crippen LogP contribution in [0.1, 0.15) is 0 Å². The maximum absolute atomic E-state index is 14.1. The molecule has 3 aromatic rings. The normalized spacial score (nSPS) is 11.2. The van der Waals surface area contributed by atoms with Gasteiger partial charge in [0.1, 0.15) is 5.82 Å². The molecule has 0 atom stereocenters. The van der Waals surface area contributed by atoms with Gasteiger partial charge in [-0.15, -0.1) is 5.10 Å². The Kier molecular flexibility index (Phi) is 3.72. The molecule has 10 heteroatoms. The van der Waals surface area contributed by atoms with Crippen LogP contribution in [0, 0.1) is 5.82 Å². The van der Waals surface area contributed by atoms with Crippen LogP contribution < -0.4 is 5.73 Å². The SMILES string of the molecule is CSc1nc(N)n2nc(-c3c(F)cc(Br)cc3Cl)nc2n1. The lowest BCUT2D eigenvalue weighted by atomic mass is 10.2. The van der Waals surface area contributed by atoms with Crippen molar-refractivity contribution >= 4 is 51.0 Å². The van der Waals surface area contributed by atoms with E-state index in [2.05, 4.69) is 36.0 Å². The molecule has 2 heterocycles. The van der Waals surface area contributed by atoms with E-state index in [-0.39, 0.29) is 28.1 Å². The van der Waals surface area contributed by atoms with Crippen LogP contribution in [0.2, 0.25) is 5.02 Å². The molecule has 0 radical (unpaired) electrons. The zero-order valence-corrected chi connectivity index (χ0v) is 13.7. The first-order valence-corrected chi connectivity index (χ1v) is 7.98. The van der Waals surface area contributed by atoms with Crippen LogP contribution in [0.15, 0.2) is 21.8 Å². The molecular formula is C11H7BrClFN6S. The van der Waals surface area contributed by atoms with Crippen molar-refractivity contribution in [1.82, 2.24) is 24.6 Å². The highest BCUT2D eigenvalue weighted by atomic mass is 79.9. The van der Waals surface area contributed by atoms with E-state index in [1.807, 2.05) is 6.26 Å². The van der Waals surface area contributed by atoms with Crippen LogP contribution in [-0.4, -0.2) is 30.8 Å². The smallest absolute Gasteiger partial charge is 0.258 e. The standard InChI is InChI=1S/C11H7BrClFN6S/c1-21-11-17-9(15)20-10(18-11)16-8(19-20)7-5(13)2-4(12)3-6(7)14/h2-3H,1H3,(H2,15,16,17,18,19). The zero-order valence-electron chi connectivity index (χ0n) is 10.5. The summed E-state index contributed by atoms with van der Waals surface area (Å²) in [6.07, 6.45) is 1.81. The highest BCUT2D eigenvalue weighted by molar-refractivity contribution is 9.10. The number of nitrogens with two attached hydrogens (primary N) is 1. The number of hydrogen-bond acceptors (Lipinski definition) is 6. The quantitative estimate of drug-likeness (QED) is 0.678. The van der Waals surface area contributed by atoms with Gasteiger partial charge in [-0.3, -0.25) is 0 Å². The lowest BCUT2D eigenvalue weighted by Gasteiger charge is -2.02. The van der Waals surface area contributed by atoms with Crippen molar-refractivity contribution in [3.8, 4) is 11.4 Å². The number of halogens is 3. The summed E-state index contributed by atoms with van der Waals surface area (Å²) in [5, 5.41) is 4.76. The maximum atomic E-state index is 14.1. The van der Waals surface area contributed by atoms with E-state index in [0.717, 1.165) is 0 Å². The Bertz CT molecular complexity index is 831. The molecule has 0 spiro atoms. The number of aromatic nitrogens is 5. The summed E-state index contributed by atoms with van der Waals surface area (Å²) in [7, 11) is 0. The van der Waals surface area contributed by atoms with Gasteiger partial charge in [0.05, 0.1) is 10.6 Å². The summed E-state index contributed by atoms with van der Waals surface area (Å²) in [5.41, 5.74) is 5.88. The Morgan fingerprint density at radius 3 is 2.76 bits per heavy atom. The fraction of sp³-hybridized carbons (Fsp3) is 0.0909. The van der Waals surface area contributed by atoms with Crippen molar-refractivity contribution in [2.24, 2.45) is 0 Å². The maximum Gasteiger partial charge on any atom is 0.258 e. The average molecular weight is 390 g/mol. The van der Waals surface area contributed by atoms with Gasteiger partial charge in [0, 0.05) is 4.47 Å². The number of nitrogens with zero attached hydrogens (tertiary/aromatic N) is 5. The highest BCUT2D eigenvalue weighted by Gasteiger charge is 2.18. The topological polar surface area (TPSA) is 82.0 Å². The Hall–Kier alpha value is -1.45. The number of nitrogen functional groups attached to an aromatic ring is 1. The first-order valence-electron chi connectivity index (χ1n) is 5.59. The van der Waals surface area contributed by atoms with Crippen LogP contribution in [0.4, 0.5) is 10.3 Å². The number of anilines is 1. The average Bonchev–Trinajstić information content (AvgIpc) is 2.81. The molecule has 0 aliphatic rings. The molecular weight excluding hydrogens is 383 g/mol. The Balaban J connectivity index is 2.25. The Labute approximate surface area is 136 Å². The molecule has 0 saturated heterocycles. The second-order valence-electron chi connectivity index (χ2n) is 3.96. The van der Waals surface area contributed by atoms with Gasteiger partial charge in [-0.2, -0.15) is 19.5 Å². The zero-order chi connectivity index (χ0) is 15.1. The van der Waals surface area contributed by atoms with Gasteiger partial charge in [0.25, 0.3) is 5.78 Å². The van der Waals surface area contributed by atoms with Crippen LogP contribution in [-0.2, 0) is 0 Å². The fourth-order valence-corrected chi connectivity index (χ4v) is 2.95. The molecule has 0 bridgehead atoms. The minimum absolute atomic E-state index is 0.0930. The van der Waals surface area contributed by atoms with E-state index in [4.69, 9.17) is 17.3 Å².